The molecule has 1 aliphatic rings. The predicted molar refractivity (Wildman–Crippen MR) is 51.9 cm³/mol. The van der Waals surface area contributed by atoms with Gasteiger partial charge in [0.1, 0.15) is 6.33 Å². The largest absolute Gasteiger partial charge is 0.285 e. The van der Waals surface area contributed by atoms with Crippen molar-refractivity contribution in [2.24, 2.45) is 7.05 Å². The summed E-state index contributed by atoms with van der Waals surface area (Å²) in [5, 5.41) is 3.89. The number of nitrogens with zero attached hydrogens (tertiary/aromatic N) is 3. The Morgan fingerprint density at radius 1 is 1.50 bits per heavy atom. The first kappa shape index (κ1) is 9.12. The van der Waals surface area contributed by atoms with Gasteiger partial charge in [0.2, 0.25) is 5.78 Å². The van der Waals surface area contributed by atoms with Crippen LogP contribution in [0.25, 0.3) is 0 Å². The Morgan fingerprint density at radius 3 is 2.93 bits per heavy atom. The Hall–Kier alpha value is -1.45. The molecular formula is C10H13N3O. The van der Waals surface area contributed by atoms with E-state index >= 15 is 0 Å². The van der Waals surface area contributed by atoms with E-state index in [0.717, 1.165) is 24.8 Å². The van der Waals surface area contributed by atoms with Crippen LogP contribution in [0.3, 0.4) is 0 Å². The van der Waals surface area contributed by atoms with Gasteiger partial charge in [0.05, 0.1) is 0 Å². The average Bonchev–Trinajstić information content (AvgIpc) is 2.65. The normalized spacial score (nSPS) is 16.5. The summed E-state index contributed by atoms with van der Waals surface area (Å²) in [5.74, 6) is 0.475. The zero-order valence-electron chi connectivity index (χ0n) is 8.23. The Labute approximate surface area is 82.6 Å². The number of rotatable bonds is 2. The second-order valence-electron chi connectivity index (χ2n) is 3.51. The van der Waals surface area contributed by atoms with Crippen molar-refractivity contribution in [2.75, 3.05) is 0 Å². The van der Waals surface area contributed by atoms with E-state index in [1.165, 1.54) is 17.4 Å². The molecule has 0 amide bonds. The van der Waals surface area contributed by atoms with Gasteiger partial charge >= 0.3 is 0 Å². The van der Waals surface area contributed by atoms with Crippen LogP contribution in [0.4, 0.5) is 0 Å². The van der Waals surface area contributed by atoms with Crippen molar-refractivity contribution in [3.8, 4) is 0 Å². The smallest absolute Gasteiger partial charge is 0.225 e. The molecule has 1 aromatic heterocycles. The number of aromatic nitrogens is 3. The van der Waals surface area contributed by atoms with E-state index in [-0.39, 0.29) is 5.78 Å². The first-order chi connectivity index (χ1) is 6.79. The molecule has 0 N–H and O–H groups in total. The molecule has 1 heterocycles. The summed E-state index contributed by atoms with van der Waals surface area (Å²) in [5.41, 5.74) is 0.896. The molecule has 0 saturated carbocycles. The molecule has 74 valence electrons. The SMILES string of the molecule is Cn1ncnc1C(=O)C1=CCCCC1. The second kappa shape index (κ2) is 3.74. The van der Waals surface area contributed by atoms with Crippen molar-refractivity contribution in [2.45, 2.75) is 25.7 Å². The molecule has 0 atom stereocenters. The van der Waals surface area contributed by atoms with E-state index in [0.29, 0.717) is 5.82 Å². The minimum atomic E-state index is 0.0321. The molecule has 0 fully saturated rings. The molecule has 0 unspecified atom stereocenters. The van der Waals surface area contributed by atoms with Crippen LogP contribution in [0.15, 0.2) is 18.0 Å². The molecule has 4 nitrogen and oxygen atoms in total. The fourth-order valence-electron chi connectivity index (χ4n) is 1.69. The standard InChI is InChI=1S/C10H13N3O/c1-13-10(11-7-12-13)9(14)8-5-3-2-4-6-8/h5,7H,2-4,6H2,1H3. The van der Waals surface area contributed by atoms with Crippen molar-refractivity contribution >= 4 is 5.78 Å². The van der Waals surface area contributed by atoms with Crippen molar-refractivity contribution in [3.05, 3.63) is 23.8 Å². The lowest BCUT2D eigenvalue weighted by atomic mass is 9.96. The summed E-state index contributed by atoms with van der Waals surface area (Å²) >= 11 is 0. The molecular weight excluding hydrogens is 178 g/mol. The second-order valence-corrected chi connectivity index (χ2v) is 3.51. The quantitative estimate of drug-likeness (QED) is 0.665. The van der Waals surface area contributed by atoms with Gasteiger partial charge in [-0.3, -0.25) is 4.79 Å². The molecule has 0 radical (unpaired) electrons. The van der Waals surface area contributed by atoms with E-state index in [4.69, 9.17) is 0 Å². The van der Waals surface area contributed by atoms with E-state index in [1.54, 1.807) is 7.05 Å². The van der Waals surface area contributed by atoms with Crippen molar-refractivity contribution in [3.63, 3.8) is 0 Å². The van der Waals surface area contributed by atoms with Gasteiger partial charge in [-0.15, -0.1) is 0 Å². The van der Waals surface area contributed by atoms with Gasteiger partial charge in [0, 0.05) is 7.05 Å². The van der Waals surface area contributed by atoms with Gasteiger partial charge in [0.15, 0.2) is 5.82 Å². The molecule has 2 rings (SSSR count). The van der Waals surface area contributed by atoms with Crippen LogP contribution in [-0.4, -0.2) is 20.5 Å². The number of aryl methyl sites for hydroxylation is 1. The fourth-order valence-corrected chi connectivity index (χ4v) is 1.69. The molecule has 0 bridgehead atoms. The highest BCUT2D eigenvalue weighted by molar-refractivity contribution is 6.06. The Bertz CT molecular complexity index is 378. The molecule has 4 heteroatoms. The summed E-state index contributed by atoms with van der Waals surface area (Å²) in [4.78, 5) is 15.8. The Kier molecular flexibility index (Phi) is 2.43. The number of ketones is 1. The molecule has 0 saturated heterocycles. The van der Waals surface area contributed by atoms with Crippen LogP contribution in [0.5, 0.6) is 0 Å². The summed E-state index contributed by atoms with van der Waals surface area (Å²) in [6, 6.07) is 0. The number of carbonyl (C=O) groups is 1. The molecule has 1 aliphatic carbocycles. The number of hydrogen-bond donors (Lipinski definition) is 0. The van der Waals surface area contributed by atoms with Crippen LogP contribution in [0, 0.1) is 0 Å². The Balaban J connectivity index is 2.23. The third-order valence-corrected chi connectivity index (χ3v) is 2.50. The van der Waals surface area contributed by atoms with Gasteiger partial charge in [0.25, 0.3) is 0 Å². The monoisotopic (exact) mass is 191 g/mol. The number of hydrogen-bond acceptors (Lipinski definition) is 3. The van der Waals surface area contributed by atoms with Crippen LogP contribution in [-0.2, 0) is 7.05 Å². The van der Waals surface area contributed by atoms with E-state index in [9.17, 15) is 4.79 Å². The minimum absolute atomic E-state index is 0.0321. The molecule has 0 aromatic carbocycles. The fraction of sp³-hybridized carbons (Fsp3) is 0.500. The first-order valence-electron chi connectivity index (χ1n) is 4.87. The number of allylic oxidation sites excluding steroid dienone is 2. The highest BCUT2D eigenvalue weighted by atomic mass is 16.1. The van der Waals surface area contributed by atoms with Gasteiger partial charge in [-0.1, -0.05) is 6.08 Å². The molecule has 1 aromatic rings. The lowest BCUT2D eigenvalue weighted by Crippen LogP contribution is -2.12. The topological polar surface area (TPSA) is 47.8 Å². The lowest BCUT2D eigenvalue weighted by Gasteiger charge is -2.10. The van der Waals surface area contributed by atoms with E-state index in [1.807, 2.05) is 6.08 Å². The van der Waals surface area contributed by atoms with Crippen LogP contribution in [0.1, 0.15) is 36.3 Å². The molecule has 0 aliphatic heterocycles. The predicted octanol–water partition coefficient (Wildman–Crippen LogP) is 1.50. The van der Waals surface area contributed by atoms with E-state index < -0.39 is 0 Å². The van der Waals surface area contributed by atoms with Crippen molar-refractivity contribution in [1.29, 1.82) is 0 Å². The lowest BCUT2D eigenvalue weighted by molar-refractivity contribution is 0.101. The summed E-state index contributed by atoms with van der Waals surface area (Å²) < 4.78 is 1.53. The maximum Gasteiger partial charge on any atom is 0.225 e. The van der Waals surface area contributed by atoms with Crippen LogP contribution >= 0.6 is 0 Å². The van der Waals surface area contributed by atoms with Gasteiger partial charge < -0.3 is 0 Å². The highest BCUT2D eigenvalue weighted by Gasteiger charge is 2.18. The summed E-state index contributed by atoms with van der Waals surface area (Å²) in [7, 11) is 1.74. The van der Waals surface area contributed by atoms with E-state index in [2.05, 4.69) is 10.1 Å². The number of carbonyl (C=O) groups excluding carboxylic acids is 1. The van der Waals surface area contributed by atoms with Gasteiger partial charge in [-0.05, 0) is 31.3 Å². The average molecular weight is 191 g/mol. The molecule has 14 heavy (non-hydrogen) atoms. The summed E-state index contributed by atoms with van der Waals surface area (Å²) in [6.07, 6.45) is 7.63. The van der Waals surface area contributed by atoms with Gasteiger partial charge in [-0.25, -0.2) is 9.67 Å². The highest BCUT2D eigenvalue weighted by Crippen LogP contribution is 2.20. The van der Waals surface area contributed by atoms with Crippen molar-refractivity contribution in [1.82, 2.24) is 14.8 Å². The minimum Gasteiger partial charge on any atom is -0.285 e. The first-order valence-corrected chi connectivity index (χ1v) is 4.87. The van der Waals surface area contributed by atoms with Crippen molar-refractivity contribution < 1.29 is 4.79 Å². The molecule has 0 spiro atoms. The van der Waals surface area contributed by atoms with Crippen LogP contribution in [0.2, 0.25) is 0 Å². The maximum absolute atomic E-state index is 11.9. The maximum atomic E-state index is 11.9. The Morgan fingerprint density at radius 2 is 2.36 bits per heavy atom. The number of Topliss-reactive ketones (excluding diaryl/α,β-unsaturated/α-hetero) is 1. The van der Waals surface area contributed by atoms with Gasteiger partial charge in [-0.2, -0.15) is 5.10 Å². The third-order valence-electron chi connectivity index (χ3n) is 2.50. The third kappa shape index (κ3) is 1.60. The summed E-state index contributed by atoms with van der Waals surface area (Å²) in [6.45, 7) is 0. The zero-order chi connectivity index (χ0) is 9.97. The zero-order valence-corrected chi connectivity index (χ0v) is 8.23. The van der Waals surface area contributed by atoms with Crippen LogP contribution < -0.4 is 0 Å².